The Balaban J connectivity index is 1.50. The Morgan fingerprint density at radius 2 is 1.92 bits per heavy atom. The van der Waals surface area contributed by atoms with E-state index in [0.717, 1.165) is 11.1 Å². The molecule has 2 aromatic carbocycles. The third kappa shape index (κ3) is 5.32. The van der Waals surface area contributed by atoms with Crippen LogP contribution in [0.2, 0.25) is 0 Å². The van der Waals surface area contributed by atoms with Gasteiger partial charge in [-0.1, -0.05) is 44.2 Å². The van der Waals surface area contributed by atoms with Crippen molar-refractivity contribution < 1.29 is 17.9 Å². The Bertz CT molecular complexity index is 1500. The minimum atomic E-state index is -3.24. The Morgan fingerprint density at radius 3 is 2.65 bits per heavy atom. The van der Waals surface area contributed by atoms with Crippen LogP contribution in [0.1, 0.15) is 49.2 Å². The molecule has 0 fully saturated rings. The molecule has 0 bridgehead atoms. The number of aryl methyl sites for hydroxylation is 1. The molecule has 1 atom stereocenters. The second kappa shape index (κ2) is 10.3. The summed E-state index contributed by atoms with van der Waals surface area (Å²) in [4.78, 5) is 9.49. The number of aliphatic hydroxyl groups is 1. The van der Waals surface area contributed by atoms with E-state index >= 15 is 0 Å². The SMILES string of the molecule is CC(C)c1nnc(-c2cnc(Nc3ccc4c(c3)CCCS4(=O)=O)nc2N[C@H](CO)c2ccccc2)o1. The van der Waals surface area contributed by atoms with Gasteiger partial charge in [0.05, 0.1) is 28.9 Å². The predicted molar refractivity (Wildman–Crippen MR) is 139 cm³/mol. The molecule has 10 nitrogen and oxygen atoms in total. The number of nitrogens with one attached hydrogen (secondary N) is 2. The molecule has 0 radical (unpaired) electrons. The van der Waals surface area contributed by atoms with E-state index in [1.807, 2.05) is 50.2 Å². The zero-order valence-corrected chi connectivity index (χ0v) is 21.4. The molecule has 192 valence electrons. The Hall–Kier alpha value is -3.83. The van der Waals surface area contributed by atoms with Gasteiger partial charge in [0.25, 0.3) is 5.89 Å². The van der Waals surface area contributed by atoms with Crippen molar-refractivity contribution in [2.24, 2.45) is 0 Å². The molecular formula is C26H28N6O4S. The first-order valence-electron chi connectivity index (χ1n) is 12.1. The Morgan fingerprint density at radius 1 is 1.11 bits per heavy atom. The molecule has 1 aliphatic heterocycles. The lowest BCUT2D eigenvalue weighted by atomic mass is 10.1. The molecule has 5 rings (SSSR count). The molecule has 4 aromatic rings. The van der Waals surface area contributed by atoms with Crippen LogP contribution in [0.25, 0.3) is 11.5 Å². The van der Waals surface area contributed by atoms with Crippen molar-refractivity contribution in [3.05, 3.63) is 71.7 Å². The summed E-state index contributed by atoms with van der Waals surface area (Å²) in [7, 11) is -3.24. The maximum absolute atomic E-state index is 12.4. The second-order valence-electron chi connectivity index (χ2n) is 9.22. The number of sulfone groups is 1. The van der Waals surface area contributed by atoms with Crippen LogP contribution < -0.4 is 10.6 Å². The van der Waals surface area contributed by atoms with Crippen LogP contribution in [0.4, 0.5) is 17.5 Å². The second-order valence-corrected chi connectivity index (χ2v) is 11.3. The van der Waals surface area contributed by atoms with E-state index in [4.69, 9.17) is 4.42 Å². The summed E-state index contributed by atoms with van der Waals surface area (Å²) < 4.78 is 30.6. The average Bonchev–Trinajstić information content (AvgIpc) is 3.38. The third-order valence-electron chi connectivity index (χ3n) is 6.16. The van der Waals surface area contributed by atoms with E-state index < -0.39 is 15.9 Å². The van der Waals surface area contributed by atoms with E-state index in [1.165, 1.54) is 0 Å². The molecule has 0 aliphatic carbocycles. The van der Waals surface area contributed by atoms with Crippen molar-refractivity contribution in [2.45, 2.75) is 43.5 Å². The first kappa shape index (κ1) is 24.8. The van der Waals surface area contributed by atoms with Gasteiger partial charge in [-0.2, -0.15) is 4.98 Å². The molecule has 0 saturated carbocycles. The molecule has 0 amide bonds. The number of hydrogen-bond donors (Lipinski definition) is 3. The largest absolute Gasteiger partial charge is 0.420 e. The monoisotopic (exact) mass is 520 g/mol. The number of rotatable bonds is 8. The van der Waals surface area contributed by atoms with Crippen molar-refractivity contribution >= 4 is 27.3 Å². The van der Waals surface area contributed by atoms with Gasteiger partial charge in [0.15, 0.2) is 9.84 Å². The van der Waals surface area contributed by atoms with Crippen LogP contribution in [-0.2, 0) is 16.3 Å². The van der Waals surface area contributed by atoms with Crippen LogP contribution in [0, 0.1) is 0 Å². The van der Waals surface area contributed by atoms with Gasteiger partial charge in [-0.3, -0.25) is 0 Å². The van der Waals surface area contributed by atoms with Gasteiger partial charge in [-0.15, -0.1) is 10.2 Å². The fourth-order valence-electron chi connectivity index (χ4n) is 4.22. The number of anilines is 3. The molecule has 3 N–H and O–H groups in total. The molecular weight excluding hydrogens is 492 g/mol. The standard InChI is InChI=1S/C26H28N6O4S/c1-16(2)24-31-32-25(36-24)20-14-27-26(30-23(20)29-21(15-33)17-7-4-3-5-8-17)28-19-10-11-22-18(13-19)9-6-12-37(22,34)35/h3-5,7-8,10-11,13-14,16,21,33H,6,9,12,15H2,1-2H3,(H2,27,28,29,30)/t21-/m1/s1. The van der Waals surface area contributed by atoms with E-state index in [1.54, 1.807) is 18.3 Å². The van der Waals surface area contributed by atoms with Gasteiger partial charge in [0, 0.05) is 17.8 Å². The summed E-state index contributed by atoms with van der Waals surface area (Å²) in [6.45, 7) is 3.75. The minimum absolute atomic E-state index is 0.0573. The van der Waals surface area contributed by atoms with Crippen molar-refractivity contribution in [3.8, 4) is 11.5 Å². The van der Waals surface area contributed by atoms with Gasteiger partial charge in [-0.05, 0) is 42.2 Å². The highest BCUT2D eigenvalue weighted by Gasteiger charge is 2.24. The van der Waals surface area contributed by atoms with Gasteiger partial charge in [-0.25, -0.2) is 13.4 Å². The van der Waals surface area contributed by atoms with Crippen molar-refractivity contribution in [1.29, 1.82) is 0 Å². The number of fused-ring (bicyclic) bond motifs is 1. The fraction of sp³-hybridized carbons (Fsp3) is 0.308. The lowest BCUT2D eigenvalue weighted by Crippen LogP contribution is -2.17. The molecule has 2 aromatic heterocycles. The highest BCUT2D eigenvalue weighted by atomic mass is 32.2. The van der Waals surface area contributed by atoms with Crippen LogP contribution >= 0.6 is 0 Å². The van der Waals surface area contributed by atoms with Crippen molar-refractivity contribution in [2.75, 3.05) is 23.0 Å². The highest BCUT2D eigenvalue weighted by molar-refractivity contribution is 7.91. The fourth-order valence-corrected chi connectivity index (χ4v) is 5.80. The van der Waals surface area contributed by atoms with Crippen LogP contribution in [-0.4, -0.2) is 46.0 Å². The van der Waals surface area contributed by atoms with Gasteiger partial charge < -0.3 is 20.2 Å². The lowest BCUT2D eigenvalue weighted by Gasteiger charge is -2.20. The summed E-state index contributed by atoms with van der Waals surface area (Å²) >= 11 is 0. The number of aliphatic hydroxyl groups excluding tert-OH is 1. The number of aromatic nitrogens is 4. The summed E-state index contributed by atoms with van der Waals surface area (Å²) in [6.07, 6.45) is 2.88. The number of nitrogens with zero attached hydrogens (tertiary/aromatic N) is 4. The van der Waals surface area contributed by atoms with E-state index in [9.17, 15) is 13.5 Å². The Labute approximate surface area is 215 Å². The molecule has 3 heterocycles. The maximum atomic E-state index is 12.4. The van der Waals surface area contributed by atoms with E-state index in [-0.39, 0.29) is 24.2 Å². The maximum Gasteiger partial charge on any atom is 0.253 e. The van der Waals surface area contributed by atoms with Gasteiger partial charge in [0.1, 0.15) is 5.82 Å². The summed E-state index contributed by atoms with van der Waals surface area (Å²) in [5.74, 6) is 1.68. The number of benzene rings is 2. The quantitative estimate of drug-likeness (QED) is 0.308. The minimum Gasteiger partial charge on any atom is -0.420 e. The highest BCUT2D eigenvalue weighted by Crippen LogP contribution is 2.32. The molecule has 11 heteroatoms. The summed E-state index contributed by atoms with van der Waals surface area (Å²) in [5, 5.41) is 24.9. The van der Waals surface area contributed by atoms with E-state index in [2.05, 4.69) is 30.8 Å². The summed E-state index contributed by atoms with van der Waals surface area (Å²) in [6, 6.07) is 14.3. The molecule has 0 saturated heterocycles. The first-order valence-corrected chi connectivity index (χ1v) is 13.7. The van der Waals surface area contributed by atoms with Crippen molar-refractivity contribution in [3.63, 3.8) is 0 Å². The van der Waals surface area contributed by atoms with Gasteiger partial charge in [0.2, 0.25) is 11.8 Å². The molecule has 0 spiro atoms. The van der Waals surface area contributed by atoms with Crippen LogP contribution in [0.5, 0.6) is 0 Å². The molecule has 0 unspecified atom stereocenters. The third-order valence-corrected chi connectivity index (χ3v) is 8.05. The number of hydrogen-bond acceptors (Lipinski definition) is 10. The lowest BCUT2D eigenvalue weighted by molar-refractivity contribution is 0.276. The van der Waals surface area contributed by atoms with Gasteiger partial charge >= 0.3 is 0 Å². The smallest absolute Gasteiger partial charge is 0.253 e. The predicted octanol–water partition coefficient (Wildman–Crippen LogP) is 4.26. The van der Waals surface area contributed by atoms with Crippen LogP contribution in [0.15, 0.2) is 64.0 Å². The topological polar surface area (TPSA) is 143 Å². The average molecular weight is 521 g/mol. The van der Waals surface area contributed by atoms with Crippen molar-refractivity contribution in [1.82, 2.24) is 20.2 Å². The molecule has 1 aliphatic rings. The Kier molecular flexibility index (Phi) is 6.90. The zero-order chi connectivity index (χ0) is 26.0. The van der Waals surface area contributed by atoms with Crippen LogP contribution in [0.3, 0.4) is 0 Å². The normalized spacial score (nSPS) is 15.2. The van der Waals surface area contributed by atoms with E-state index in [0.29, 0.717) is 46.6 Å². The first-order chi connectivity index (χ1) is 17.8. The molecule has 37 heavy (non-hydrogen) atoms. The zero-order valence-electron chi connectivity index (χ0n) is 20.5. The summed E-state index contributed by atoms with van der Waals surface area (Å²) in [5.41, 5.74) is 2.84.